The number of halogens is 4. The van der Waals surface area contributed by atoms with Gasteiger partial charge in [0.1, 0.15) is 0 Å². The molecule has 0 aliphatic rings. The third-order valence-electron chi connectivity index (χ3n) is 0. The summed E-state index contributed by atoms with van der Waals surface area (Å²) in [5.41, 5.74) is 0. The van der Waals surface area contributed by atoms with Crippen LogP contribution >= 0.6 is 47.9 Å². The average molecular weight is 204 g/mol. The molecule has 0 spiro atoms. The highest BCUT2D eigenvalue weighted by molar-refractivity contribution is 9.13. The highest BCUT2D eigenvalue weighted by Gasteiger charge is 2.42. The Hall–Kier alpha value is 1.51. The molecule has 0 fully saturated rings. The maximum atomic E-state index is 5.46. The van der Waals surface area contributed by atoms with Crippen molar-refractivity contribution in [2.24, 2.45) is 0 Å². The first-order chi connectivity index (χ1) is 2.45. The van der Waals surface area contributed by atoms with Gasteiger partial charge in [-0.05, 0) is 60.4 Å². The standard InChI is InChI=1S/C2H6Cl4S/c1-7(2,3,4,5)6/h1-2H3. The molecule has 0 nitrogen and oxygen atoms in total. The van der Waals surface area contributed by atoms with Crippen molar-refractivity contribution in [1.29, 1.82) is 0 Å². The van der Waals surface area contributed by atoms with E-state index in [1.165, 1.54) is 12.5 Å². The molecular weight excluding hydrogens is 198 g/mol. The maximum absolute atomic E-state index is 5.46. The van der Waals surface area contributed by atoms with E-state index in [-0.39, 0.29) is 0 Å². The van der Waals surface area contributed by atoms with E-state index in [0.29, 0.717) is 0 Å². The van der Waals surface area contributed by atoms with Crippen LogP contribution in [-0.4, -0.2) is 12.5 Å². The van der Waals surface area contributed by atoms with E-state index in [2.05, 4.69) is 0 Å². The van der Waals surface area contributed by atoms with Crippen molar-refractivity contribution in [2.45, 2.75) is 0 Å². The van der Waals surface area contributed by atoms with Crippen LogP contribution in [0.2, 0.25) is 0 Å². The van der Waals surface area contributed by atoms with Crippen molar-refractivity contribution in [3.05, 3.63) is 0 Å². The Morgan fingerprint density at radius 3 is 0.857 bits per heavy atom. The second-order valence-corrected chi connectivity index (χ2v) is 21.8. The first-order valence-corrected chi connectivity index (χ1v) is 8.00. The molecule has 0 aliphatic carbocycles. The SMILES string of the molecule is CS(C)(Cl)(Cl)(Cl)Cl. The Bertz CT molecular complexity index is 68.3. The van der Waals surface area contributed by atoms with E-state index >= 15 is 0 Å². The fraction of sp³-hybridized carbons (Fsp3) is 1.00. The van der Waals surface area contributed by atoms with E-state index in [1.807, 2.05) is 0 Å². The first kappa shape index (κ1) is 8.51. The van der Waals surface area contributed by atoms with Crippen LogP contribution in [0.25, 0.3) is 0 Å². The third-order valence-corrected chi connectivity index (χ3v) is 0. The number of rotatable bonds is 0. The summed E-state index contributed by atoms with van der Waals surface area (Å²) in [6, 6.07) is 0. The minimum absolute atomic E-state index is 1.41. The lowest BCUT2D eigenvalue weighted by Crippen LogP contribution is -1.98. The van der Waals surface area contributed by atoms with Gasteiger partial charge in [0.25, 0.3) is 0 Å². The van der Waals surface area contributed by atoms with Gasteiger partial charge < -0.3 is 0 Å². The van der Waals surface area contributed by atoms with Gasteiger partial charge in [0.15, 0.2) is 0 Å². The van der Waals surface area contributed by atoms with Gasteiger partial charge in [0, 0.05) is 0 Å². The summed E-state index contributed by atoms with van der Waals surface area (Å²) in [5.74, 6) is 0. The van der Waals surface area contributed by atoms with E-state index < -0.39 is 5.15 Å². The van der Waals surface area contributed by atoms with Gasteiger partial charge in [-0.2, -0.15) is 0 Å². The smallest absolute Gasteiger partial charge is 0.00117 e. The Morgan fingerprint density at radius 1 is 0.857 bits per heavy atom. The lowest BCUT2D eigenvalue weighted by atomic mass is 11.9. The molecule has 5 heteroatoms. The van der Waals surface area contributed by atoms with Gasteiger partial charge in [-0.1, -0.05) is 0 Å². The van der Waals surface area contributed by atoms with Crippen molar-refractivity contribution in [1.82, 2.24) is 0 Å². The lowest BCUT2D eigenvalue weighted by molar-refractivity contribution is 2.28. The van der Waals surface area contributed by atoms with Crippen molar-refractivity contribution < 1.29 is 0 Å². The van der Waals surface area contributed by atoms with Crippen LogP contribution < -0.4 is 0 Å². The summed E-state index contributed by atoms with van der Waals surface area (Å²) < 4.78 is 0. The summed E-state index contributed by atoms with van der Waals surface area (Å²) in [7, 11) is 21.8. The van der Waals surface area contributed by atoms with Crippen molar-refractivity contribution in [3.63, 3.8) is 0 Å². The summed E-state index contributed by atoms with van der Waals surface area (Å²) >= 11 is 0. The largest absolute Gasteiger partial charge is 0.0425 e. The predicted octanol–water partition coefficient (Wildman–Crippen LogP) is 3.74. The molecule has 0 unspecified atom stereocenters. The van der Waals surface area contributed by atoms with Gasteiger partial charge in [0.2, 0.25) is 0 Å². The van der Waals surface area contributed by atoms with Crippen LogP contribution in [0.15, 0.2) is 0 Å². The van der Waals surface area contributed by atoms with E-state index in [9.17, 15) is 0 Å². The quantitative estimate of drug-likeness (QED) is 0.563. The summed E-state index contributed by atoms with van der Waals surface area (Å²) in [6.45, 7) is 0. The van der Waals surface area contributed by atoms with Crippen LogP contribution in [0.1, 0.15) is 0 Å². The van der Waals surface area contributed by atoms with Gasteiger partial charge in [-0.25, -0.2) is 0 Å². The molecule has 48 valence electrons. The van der Waals surface area contributed by atoms with E-state index in [4.69, 9.17) is 42.7 Å². The zero-order valence-corrected chi connectivity index (χ0v) is 7.76. The highest BCUT2D eigenvalue weighted by atomic mass is 36.4. The molecule has 0 saturated heterocycles. The first-order valence-electron chi connectivity index (χ1n) is 1.43. The molecule has 0 radical (unpaired) electrons. The van der Waals surface area contributed by atoms with Crippen LogP contribution in [0.3, 0.4) is 0 Å². The topological polar surface area (TPSA) is 0 Å². The fourth-order valence-electron chi connectivity index (χ4n) is 0. The highest BCUT2D eigenvalue weighted by Crippen LogP contribution is 3.00. The molecule has 0 atom stereocenters. The molecule has 0 bridgehead atoms. The monoisotopic (exact) mass is 202 g/mol. The van der Waals surface area contributed by atoms with Gasteiger partial charge in [0.05, 0.1) is 0 Å². The molecule has 0 rings (SSSR count). The van der Waals surface area contributed by atoms with Gasteiger partial charge >= 0.3 is 0 Å². The van der Waals surface area contributed by atoms with Crippen LogP contribution in [0.4, 0.5) is 0 Å². The minimum Gasteiger partial charge on any atom is -0.0425 e. The van der Waals surface area contributed by atoms with Gasteiger partial charge in [-0.15, -0.1) is 0 Å². The molecule has 0 N–H and O–H groups in total. The summed E-state index contributed by atoms with van der Waals surface area (Å²) in [4.78, 5) is 0. The molecule has 0 aromatic heterocycles. The van der Waals surface area contributed by atoms with Crippen LogP contribution in [0.5, 0.6) is 0 Å². The zero-order valence-electron chi connectivity index (χ0n) is 3.92. The number of hydrogen-bond acceptors (Lipinski definition) is 0. The van der Waals surface area contributed by atoms with Crippen molar-refractivity contribution in [3.8, 4) is 0 Å². The lowest BCUT2D eigenvalue weighted by Gasteiger charge is -2.48. The van der Waals surface area contributed by atoms with Crippen molar-refractivity contribution >= 4 is 47.9 Å². The second kappa shape index (κ2) is 1.17. The molecule has 0 aromatic carbocycles. The average Bonchev–Trinajstić information content (AvgIpc) is 0.592. The predicted molar refractivity (Wildman–Crippen MR) is 42.9 cm³/mol. The molecule has 0 aliphatic heterocycles. The minimum atomic E-state index is -3.58. The third kappa shape index (κ3) is 100.0. The zero-order chi connectivity index (χ0) is 6.41. The van der Waals surface area contributed by atoms with Crippen molar-refractivity contribution in [2.75, 3.05) is 12.5 Å². The molecule has 0 saturated carbocycles. The number of hydrogen-bond donors (Lipinski definition) is 0. The Balaban J connectivity index is 4.43. The maximum Gasteiger partial charge on any atom is -0.00117 e. The van der Waals surface area contributed by atoms with E-state index in [0.717, 1.165) is 0 Å². The summed E-state index contributed by atoms with van der Waals surface area (Å²) in [6.07, 6.45) is 2.82. The Morgan fingerprint density at radius 2 is 0.857 bits per heavy atom. The molecule has 0 heterocycles. The Kier molecular flexibility index (Phi) is 1.42. The van der Waals surface area contributed by atoms with Crippen LogP contribution in [-0.2, 0) is 0 Å². The fourth-order valence-corrected chi connectivity index (χ4v) is 0. The molecule has 0 aromatic rings. The van der Waals surface area contributed by atoms with Gasteiger partial charge in [-0.3, -0.25) is 0 Å². The normalized spacial score (nSPS) is 23.1. The second-order valence-electron chi connectivity index (χ2n) is 1.99. The molecular formula is C2H6Cl4S. The van der Waals surface area contributed by atoms with Crippen LogP contribution in [0, 0.1) is 0 Å². The van der Waals surface area contributed by atoms with E-state index in [1.54, 1.807) is 0 Å². The molecule has 0 amide bonds. The summed E-state index contributed by atoms with van der Waals surface area (Å²) in [5, 5.41) is -3.58. The molecule has 7 heavy (non-hydrogen) atoms. The Labute approximate surface area is 60.3 Å².